The zero-order valence-corrected chi connectivity index (χ0v) is 18.3. The molecule has 2 aromatic carbocycles. The van der Waals surface area contributed by atoms with E-state index in [1.807, 2.05) is 24.3 Å². The molecule has 3 aromatic rings. The highest BCUT2D eigenvalue weighted by Gasteiger charge is 2.23. The van der Waals surface area contributed by atoms with Gasteiger partial charge in [0.2, 0.25) is 0 Å². The molecule has 27 heavy (non-hydrogen) atoms. The number of ether oxygens (including phenoxy) is 2. The van der Waals surface area contributed by atoms with Crippen LogP contribution in [-0.2, 0) is 10.8 Å². The Hall–Kier alpha value is -2.06. The molecule has 5 heteroatoms. The van der Waals surface area contributed by atoms with Crippen molar-refractivity contribution in [2.24, 2.45) is 0 Å². The lowest BCUT2D eigenvalue weighted by Gasteiger charge is -2.22. The fourth-order valence-corrected chi connectivity index (χ4v) is 3.82. The van der Waals surface area contributed by atoms with E-state index in [0.717, 1.165) is 44.6 Å². The second-order valence-electron chi connectivity index (χ2n) is 8.86. The molecule has 0 fully saturated rings. The molecule has 1 aromatic heterocycles. The SMILES string of the molecule is COc1cc(C(C)(C)C)c2o[p-]oc3c(C(C)(C)C)cc(OC)cc3c2c1. The number of methoxy groups -OCH3 is 2. The molecule has 0 bridgehead atoms. The normalized spacial score (nSPS) is 12.4. The molecular weight excluding hydrogens is 359 g/mol. The van der Waals surface area contributed by atoms with Crippen molar-refractivity contribution in [3.05, 3.63) is 35.4 Å². The fraction of sp³-hybridized carbons (Fsp3) is 0.455. The van der Waals surface area contributed by atoms with Gasteiger partial charge in [-0.15, -0.1) is 0 Å². The van der Waals surface area contributed by atoms with Crippen molar-refractivity contribution in [3.8, 4) is 11.5 Å². The number of rotatable bonds is 2. The summed E-state index contributed by atoms with van der Waals surface area (Å²) in [5.41, 5.74) is 3.62. The largest absolute Gasteiger partial charge is 0.606 e. The molecule has 0 spiro atoms. The number of fused-ring (bicyclic) bond motifs is 3. The number of hydrogen-bond donors (Lipinski definition) is 0. The van der Waals surface area contributed by atoms with Crippen LogP contribution in [-0.4, -0.2) is 14.2 Å². The first-order valence-corrected chi connectivity index (χ1v) is 9.79. The zero-order valence-electron chi connectivity index (χ0n) is 17.4. The van der Waals surface area contributed by atoms with E-state index in [1.54, 1.807) is 14.2 Å². The Kier molecular flexibility index (Phi) is 4.98. The number of hydrogen-bond acceptors (Lipinski definition) is 4. The van der Waals surface area contributed by atoms with Crippen molar-refractivity contribution in [2.75, 3.05) is 14.2 Å². The van der Waals surface area contributed by atoms with Gasteiger partial charge in [-0.05, 0) is 35.1 Å². The van der Waals surface area contributed by atoms with Gasteiger partial charge in [-0.1, -0.05) is 41.5 Å². The van der Waals surface area contributed by atoms with Crippen LogP contribution in [0.1, 0.15) is 52.7 Å². The van der Waals surface area contributed by atoms with Crippen molar-refractivity contribution >= 4 is 30.6 Å². The van der Waals surface area contributed by atoms with Gasteiger partial charge in [0.25, 0.3) is 0 Å². The Morgan fingerprint density at radius 1 is 0.667 bits per heavy atom. The van der Waals surface area contributed by atoms with Gasteiger partial charge in [-0.3, -0.25) is 0 Å². The molecule has 0 N–H and O–H groups in total. The molecule has 3 rings (SSSR count). The highest BCUT2D eigenvalue weighted by atomic mass is 31.1. The van der Waals surface area contributed by atoms with Crippen molar-refractivity contribution in [2.45, 2.75) is 52.4 Å². The topological polar surface area (TPSA) is 44.7 Å². The molecule has 0 amide bonds. The fourth-order valence-electron chi connectivity index (χ4n) is 3.24. The van der Waals surface area contributed by atoms with E-state index in [4.69, 9.17) is 17.9 Å². The summed E-state index contributed by atoms with van der Waals surface area (Å²) in [6, 6.07) is 8.12. The van der Waals surface area contributed by atoms with E-state index < -0.39 is 0 Å². The van der Waals surface area contributed by atoms with Gasteiger partial charge in [-0.25, -0.2) is 0 Å². The predicted octanol–water partition coefficient (Wildman–Crippen LogP) is 7.21. The Bertz CT molecular complexity index is 939. The quantitative estimate of drug-likeness (QED) is 0.466. The summed E-state index contributed by atoms with van der Waals surface area (Å²) in [5, 5.41) is 1.92. The van der Waals surface area contributed by atoms with E-state index in [-0.39, 0.29) is 10.8 Å². The minimum atomic E-state index is -0.107. The highest BCUT2D eigenvalue weighted by Crippen LogP contribution is 2.41. The third-order valence-corrected chi connectivity index (χ3v) is 5.27. The van der Waals surface area contributed by atoms with E-state index in [2.05, 4.69) is 41.5 Å². The van der Waals surface area contributed by atoms with E-state index in [1.165, 1.54) is 0 Å². The second-order valence-corrected chi connectivity index (χ2v) is 9.37. The monoisotopic (exact) mass is 387 g/mol. The minimum absolute atomic E-state index is 0.107. The molecule has 0 saturated carbocycles. The molecule has 0 saturated heterocycles. The third kappa shape index (κ3) is 3.68. The molecule has 0 radical (unpaired) electrons. The Morgan fingerprint density at radius 3 is 1.33 bits per heavy atom. The van der Waals surface area contributed by atoms with Gasteiger partial charge in [0.1, 0.15) is 22.7 Å². The average molecular weight is 387 g/mol. The van der Waals surface area contributed by atoms with Gasteiger partial charge in [0.15, 0.2) is 0 Å². The summed E-state index contributed by atoms with van der Waals surface area (Å²) in [6.07, 6.45) is 0. The van der Waals surface area contributed by atoms with E-state index in [0.29, 0.717) is 8.67 Å². The van der Waals surface area contributed by atoms with Gasteiger partial charge in [0, 0.05) is 21.9 Å². The maximum atomic E-state index is 6.08. The third-order valence-electron chi connectivity index (χ3n) is 4.76. The van der Waals surface area contributed by atoms with Gasteiger partial charge in [-0.2, -0.15) is 8.67 Å². The molecule has 0 aliphatic rings. The molecule has 0 aliphatic carbocycles. The summed E-state index contributed by atoms with van der Waals surface area (Å²) in [6.45, 7) is 13.0. The summed E-state index contributed by atoms with van der Waals surface area (Å²) < 4.78 is 23.4. The predicted molar refractivity (Wildman–Crippen MR) is 112 cm³/mol. The van der Waals surface area contributed by atoms with Crippen molar-refractivity contribution in [3.63, 3.8) is 0 Å². The maximum absolute atomic E-state index is 6.08. The van der Waals surface area contributed by atoms with Crippen LogP contribution in [0.5, 0.6) is 11.5 Å². The first-order chi connectivity index (χ1) is 12.6. The van der Waals surface area contributed by atoms with Crippen molar-refractivity contribution in [1.29, 1.82) is 0 Å². The average Bonchev–Trinajstić information content (AvgIpc) is 2.77. The Morgan fingerprint density at radius 2 is 1.04 bits per heavy atom. The van der Waals surface area contributed by atoms with Crippen LogP contribution in [0.25, 0.3) is 21.9 Å². The first-order valence-electron chi connectivity index (χ1n) is 9.06. The standard InChI is InChI=1S/C22H28O4P/c1-21(2,3)17-11-13(23-7)9-15-16-10-14(24-8)12-18(22(4,5)6)20(16)26-27-25-19(15)17/h9-12H,1-8H3/q-1. The Labute approximate surface area is 162 Å². The molecule has 4 nitrogen and oxygen atoms in total. The minimum Gasteiger partial charge on any atom is -0.606 e. The van der Waals surface area contributed by atoms with Gasteiger partial charge < -0.3 is 17.9 Å². The summed E-state index contributed by atoms with van der Waals surface area (Å²) >= 11 is 0. The molecule has 1 heterocycles. The number of benzene rings is 2. The lowest BCUT2D eigenvalue weighted by atomic mass is 9.84. The van der Waals surface area contributed by atoms with Crippen molar-refractivity contribution in [1.82, 2.24) is 0 Å². The molecule has 0 atom stereocenters. The van der Waals surface area contributed by atoms with E-state index >= 15 is 0 Å². The molecular formula is C22H28O4P-. The second kappa shape index (κ2) is 6.83. The smallest absolute Gasteiger partial charge is 0.120 e. The van der Waals surface area contributed by atoms with Gasteiger partial charge in [0.05, 0.1) is 14.2 Å². The van der Waals surface area contributed by atoms with Crippen LogP contribution in [0.2, 0.25) is 0 Å². The van der Waals surface area contributed by atoms with Crippen LogP contribution in [0, 0.1) is 0 Å². The zero-order chi connectivity index (χ0) is 20.0. The van der Waals surface area contributed by atoms with Gasteiger partial charge >= 0.3 is 0 Å². The highest BCUT2D eigenvalue weighted by molar-refractivity contribution is 7.15. The van der Waals surface area contributed by atoms with Crippen LogP contribution < -0.4 is 9.47 Å². The molecule has 146 valence electrons. The first kappa shape index (κ1) is 19.7. The van der Waals surface area contributed by atoms with Crippen LogP contribution >= 0.6 is 8.67 Å². The summed E-state index contributed by atoms with van der Waals surface area (Å²) in [7, 11) is 3.83. The maximum Gasteiger partial charge on any atom is 0.120 e. The lowest BCUT2D eigenvalue weighted by Crippen LogP contribution is -2.12. The van der Waals surface area contributed by atoms with Crippen molar-refractivity contribution < 1.29 is 17.9 Å². The van der Waals surface area contributed by atoms with Crippen LogP contribution in [0.15, 0.2) is 32.7 Å². The van der Waals surface area contributed by atoms with Crippen LogP contribution in [0.4, 0.5) is 0 Å². The summed E-state index contributed by atoms with van der Waals surface area (Å²) in [5.74, 6) is 1.60. The molecule has 0 unspecified atom stereocenters. The Balaban J connectivity index is 2.61. The van der Waals surface area contributed by atoms with E-state index in [9.17, 15) is 0 Å². The van der Waals surface area contributed by atoms with Crippen LogP contribution in [0.3, 0.4) is 0 Å². The molecule has 0 aliphatic heterocycles. The summed E-state index contributed by atoms with van der Waals surface area (Å²) in [4.78, 5) is 0. The lowest BCUT2D eigenvalue weighted by molar-refractivity contribution is 0.413.